The molecule has 1 atom stereocenters. The van der Waals surface area contributed by atoms with Gasteiger partial charge in [0, 0.05) is 28.3 Å². The number of hydrogen-bond acceptors (Lipinski definition) is 4. The van der Waals surface area contributed by atoms with Crippen molar-refractivity contribution in [3.8, 4) is 0 Å². The van der Waals surface area contributed by atoms with Gasteiger partial charge in [0.25, 0.3) is 0 Å². The number of rotatable bonds is 7. The Balaban J connectivity index is 0.00000341. The fourth-order valence-electron chi connectivity index (χ4n) is 2.95. The molecule has 31 heavy (non-hydrogen) atoms. The molecule has 0 saturated heterocycles. The van der Waals surface area contributed by atoms with Crippen molar-refractivity contribution in [3.63, 3.8) is 0 Å². The van der Waals surface area contributed by atoms with Gasteiger partial charge in [0.15, 0.2) is 0 Å². The molecule has 1 unspecified atom stereocenters. The molecule has 7 heteroatoms. The van der Waals surface area contributed by atoms with Crippen LogP contribution in [0.4, 0.5) is 5.69 Å². The number of aromatic nitrogens is 1. The Kier molecular flexibility index (Phi) is 8.65. The summed E-state index contributed by atoms with van der Waals surface area (Å²) in [5, 5.41) is 13.9. The van der Waals surface area contributed by atoms with Crippen molar-refractivity contribution in [2.24, 2.45) is 10.9 Å². The molecule has 162 valence electrons. The Morgan fingerprint density at radius 2 is 1.58 bits per heavy atom. The van der Waals surface area contributed by atoms with E-state index in [9.17, 15) is 14.7 Å². The SMILES string of the molecule is CC(C)C(N=C(c1ccccc1)c1ccccc1[N-]C(=O)c1ccccn1)C(=O)O.[Ni]. The second kappa shape index (κ2) is 11.2. The quantitative estimate of drug-likeness (QED) is 0.403. The molecule has 0 aliphatic rings. The number of pyridine rings is 1. The minimum absolute atomic E-state index is 0. The summed E-state index contributed by atoms with van der Waals surface area (Å²) in [7, 11) is 0. The van der Waals surface area contributed by atoms with Gasteiger partial charge in [-0.25, -0.2) is 4.79 Å². The van der Waals surface area contributed by atoms with E-state index in [1.807, 2.05) is 50.2 Å². The second-order valence-electron chi connectivity index (χ2n) is 7.02. The van der Waals surface area contributed by atoms with Gasteiger partial charge < -0.3 is 15.2 Å². The van der Waals surface area contributed by atoms with Crippen molar-refractivity contribution in [1.82, 2.24) is 4.98 Å². The molecule has 1 aromatic heterocycles. The van der Waals surface area contributed by atoms with Crippen LogP contribution in [-0.4, -0.2) is 33.7 Å². The number of hydrogen-bond donors (Lipinski definition) is 1. The fraction of sp³-hybridized carbons (Fsp3) is 0.167. The molecule has 0 spiro atoms. The van der Waals surface area contributed by atoms with E-state index in [4.69, 9.17) is 0 Å². The van der Waals surface area contributed by atoms with Crippen molar-refractivity contribution >= 4 is 23.3 Å². The van der Waals surface area contributed by atoms with Crippen LogP contribution in [-0.2, 0) is 21.3 Å². The van der Waals surface area contributed by atoms with Crippen molar-refractivity contribution in [2.45, 2.75) is 19.9 Å². The Labute approximate surface area is 191 Å². The average molecular weight is 459 g/mol. The van der Waals surface area contributed by atoms with E-state index in [0.717, 1.165) is 5.56 Å². The largest absolute Gasteiger partial charge is 0.621 e. The Hall–Kier alpha value is -3.31. The smallest absolute Gasteiger partial charge is 0.328 e. The molecular weight excluding hydrogens is 437 g/mol. The molecule has 0 saturated carbocycles. The number of carbonyl (C=O) groups is 2. The van der Waals surface area contributed by atoms with Crippen LogP contribution in [0.1, 0.15) is 35.5 Å². The topological polar surface area (TPSA) is 93.7 Å². The number of benzene rings is 2. The Morgan fingerprint density at radius 3 is 2.19 bits per heavy atom. The first-order valence-electron chi connectivity index (χ1n) is 9.60. The van der Waals surface area contributed by atoms with E-state index in [1.165, 1.54) is 6.20 Å². The Morgan fingerprint density at radius 1 is 0.935 bits per heavy atom. The predicted molar refractivity (Wildman–Crippen MR) is 116 cm³/mol. The first-order valence-corrected chi connectivity index (χ1v) is 9.60. The molecule has 3 rings (SSSR count). The fourth-order valence-corrected chi connectivity index (χ4v) is 2.95. The van der Waals surface area contributed by atoms with Gasteiger partial charge in [0.1, 0.15) is 11.9 Å². The summed E-state index contributed by atoms with van der Waals surface area (Å²) in [6.45, 7) is 3.62. The van der Waals surface area contributed by atoms with Gasteiger partial charge in [-0.15, -0.1) is 5.69 Å². The minimum Gasteiger partial charge on any atom is -0.621 e. The number of aliphatic carboxylic acids is 1. The van der Waals surface area contributed by atoms with Gasteiger partial charge >= 0.3 is 5.97 Å². The van der Waals surface area contributed by atoms with E-state index in [1.54, 1.807) is 36.4 Å². The molecular formula is C24H22N3NiO3-. The van der Waals surface area contributed by atoms with Crippen molar-refractivity contribution in [3.05, 3.63) is 101 Å². The molecule has 3 aromatic rings. The van der Waals surface area contributed by atoms with E-state index in [-0.39, 0.29) is 28.1 Å². The standard InChI is InChI=1S/C24H23N3O3.Ni/c1-16(2)21(24(29)30)27-22(17-10-4-3-5-11-17)18-12-6-7-13-19(18)26-23(28)20-14-8-9-15-25-20;/h3-16,21H,1-2H3,(H2,26,27,28,29,30);/p-1. The van der Waals surface area contributed by atoms with Gasteiger partial charge in [0.05, 0.1) is 11.4 Å². The number of aliphatic imine (C=N–C) groups is 1. The number of amides is 1. The van der Waals surface area contributed by atoms with E-state index < -0.39 is 17.9 Å². The molecule has 0 aliphatic carbocycles. The molecule has 1 amide bonds. The zero-order valence-corrected chi connectivity index (χ0v) is 18.1. The molecule has 0 aliphatic heterocycles. The van der Waals surface area contributed by atoms with Gasteiger partial charge in [-0.1, -0.05) is 74.5 Å². The molecule has 0 bridgehead atoms. The summed E-state index contributed by atoms with van der Waals surface area (Å²) in [5.74, 6) is -1.69. The maximum Gasteiger partial charge on any atom is 0.328 e. The van der Waals surface area contributed by atoms with Crippen LogP contribution < -0.4 is 0 Å². The van der Waals surface area contributed by atoms with Crippen LogP contribution in [0.25, 0.3) is 5.32 Å². The normalized spacial score (nSPS) is 12.0. The molecule has 0 fully saturated rings. The van der Waals surface area contributed by atoms with Crippen molar-refractivity contribution in [1.29, 1.82) is 0 Å². The van der Waals surface area contributed by atoms with Crippen LogP contribution in [0.2, 0.25) is 0 Å². The van der Waals surface area contributed by atoms with Crippen LogP contribution >= 0.6 is 0 Å². The number of carboxylic acids is 1. The zero-order valence-electron chi connectivity index (χ0n) is 17.1. The summed E-state index contributed by atoms with van der Waals surface area (Å²) in [4.78, 5) is 33.0. The number of carbonyl (C=O) groups excluding carboxylic acids is 1. The number of nitrogens with zero attached hydrogens (tertiary/aromatic N) is 3. The second-order valence-corrected chi connectivity index (χ2v) is 7.02. The summed E-state index contributed by atoms with van der Waals surface area (Å²) in [6, 6.07) is 20.5. The Bertz CT molecular complexity index is 1050. The van der Waals surface area contributed by atoms with Gasteiger partial charge in [-0.05, 0) is 23.6 Å². The van der Waals surface area contributed by atoms with E-state index in [2.05, 4.69) is 15.3 Å². The third kappa shape index (κ3) is 6.09. The van der Waals surface area contributed by atoms with Crippen molar-refractivity contribution < 1.29 is 31.2 Å². The molecule has 2 aromatic carbocycles. The van der Waals surface area contributed by atoms with Crippen LogP contribution in [0, 0.1) is 5.92 Å². The van der Waals surface area contributed by atoms with Crippen molar-refractivity contribution in [2.75, 3.05) is 0 Å². The van der Waals surface area contributed by atoms with E-state index in [0.29, 0.717) is 17.0 Å². The maximum absolute atomic E-state index is 12.6. The number of para-hydroxylation sites is 1. The average Bonchev–Trinajstić information content (AvgIpc) is 2.76. The minimum atomic E-state index is -1.00. The molecule has 1 N–H and O–H groups in total. The first kappa shape index (κ1) is 24.0. The van der Waals surface area contributed by atoms with Crippen LogP contribution in [0.3, 0.4) is 0 Å². The molecule has 6 nitrogen and oxygen atoms in total. The van der Waals surface area contributed by atoms with Gasteiger partial charge in [0.2, 0.25) is 0 Å². The molecule has 1 heterocycles. The monoisotopic (exact) mass is 458 g/mol. The summed E-state index contributed by atoms with van der Waals surface area (Å²) in [6.07, 6.45) is 1.53. The van der Waals surface area contributed by atoms with Crippen LogP contribution in [0.15, 0.2) is 84.0 Å². The summed E-state index contributed by atoms with van der Waals surface area (Å²) >= 11 is 0. The number of carboxylic acid groups (broad SMARTS) is 1. The third-order valence-corrected chi connectivity index (χ3v) is 4.47. The first-order chi connectivity index (χ1) is 14.5. The predicted octanol–water partition coefficient (Wildman–Crippen LogP) is 4.87. The van der Waals surface area contributed by atoms with Crippen LogP contribution in [0.5, 0.6) is 0 Å². The van der Waals surface area contributed by atoms with Gasteiger partial charge in [-0.2, -0.15) is 0 Å². The van der Waals surface area contributed by atoms with E-state index >= 15 is 0 Å². The third-order valence-electron chi connectivity index (χ3n) is 4.47. The zero-order chi connectivity index (χ0) is 21.5. The summed E-state index contributed by atoms with van der Waals surface area (Å²) in [5.41, 5.74) is 2.45. The summed E-state index contributed by atoms with van der Waals surface area (Å²) < 4.78 is 0. The maximum atomic E-state index is 12.6. The molecule has 0 radical (unpaired) electrons. The van der Waals surface area contributed by atoms with Gasteiger partial charge in [-0.3, -0.25) is 9.98 Å².